The van der Waals surface area contributed by atoms with Crippen molar-refractivity contribution in [3.63, 3.8) is 0 Å². The maximum absolute atomic E-state index is 13.5. The van der Waals surface area contributed by atoms with Crippen molar-refractivity contribution < 1.29 is 18.0 Å². The molecule has 4 rings (SSSR count). The second-order valence-electron chi connectivity index (χ2n) is 9.29. The summed E-state index contributed by atoms with van der Waals surface area (Å²) in [5.41, 5.74) is 6.37. The van der Waals surface area contributed by atoms with Crippen LogP contribution in [0, 0.1) is 5.92 Å². The highest BCUT2D eigenvalue weighted by molar-refractivity contribution is 7.89. The predicted octanol–water partition coefficient (Wildman–Crippen LogP) is -0.294. The number of amides is 2. The van der Waals surface area contributed by atoms with Crippen LogP contribution in [0.1, 0.15) is 31.2 Å². The Bertz CT molecular complexity index is 979. The summed E-state index contributed by atoms with van der Waals surface area (Å²) in [6.07, 6.45) is 4.15. The van der Waals surface area contributed by atoms with Gasteiger partial charge in [0.1, 0.15) is 0 Å². The number of nitrogens with zero attached hydrogens (tertiary/aromatic N) is 5. The molecule has 3 aliphatic rings. The lowest BCUT2D eigenvalue weighted by Crippen LogP contribution is -2.58. The number of nitrogens with two attached hydrogens (primary N) is 1. The number of likely N-dealkylation sites (tertiary alicyclic amines) is 1. The van der Waals surface area contributed by atoms with Gasteiger partial charge >= 0.3 is 0 Å². The minimum Gasteiger partial charge on any atom is -0.340 e. The quantitative estimate of drug-likeness (QED) is 0.617. The molecule has 33 heavy (non-hydrogen) atoms. The van der Waals surface area contributed by atoms with Gasteiger partial charge in [-0.15, -0.1) is 0 Å². The van der Waals surface area contributed by atoms with E-state index in [4.69, 9.17) is 5.73 Å². The number of pyridine rings is 1. The smallest absolute Gasteiger partial charge is 0.260 e. The van der Waals surface area contributed by atoms with Crippen LogP contribution < -0.4 is 5.73 Å². The van der Waals surface area contributed by atoms with Crippen molar-refractivity contribution in [1.29, 1.82) is 0 Å². The molecular weight excluding hydrogens is 444 g/mol. The average Bonchev–Trinajstić information content (AvgIpc) is 2.84. The summed E-state index contributed by atoms with van der Waals surface area (Å²) >= 11 is 0. The zero-order chi connectivity index (χ0) is 23.6. The number of aromatic nitrogens is 1. The van der Waals surface area contributed by atoms with Gasteiger partial charge in [0.2, 0.25) is 11.8 Å². The molecule has 182 valence electrons. The fourth-order valence-corrected chi connectivity index (χ4v) is 6.49. The largest absolute Gasteiger partial charge is 0.340 e. The molecule has 4 heterocycles. The molecule has 3 saturated heterocycles. The number of piperazine rings is 1. The molecule has 1 aromatic rings. The topological polar surface area (TPSA) is 120 Å². The van der Waals surface area contributed by atoms with Crippen LogP contribution in [0.25, 0.3) is 0 Å². The van der Waals surface area contributed by atoms with Gasteiger partial charge in [-0.1, -0.05) is 0 Å². The SMILES string of the molecule is CN1CCN(C(=O)[C@H]2C[C@@H](N3CCCCC3=O)CN(S(=O)(=O)c3cc(CN)ccn3)C2)CC1. The van der Waals surface area contributed by atoms with E-state index < -0.39 is 15.9 Å². The summed E-state index contributed by atoms with van der Waals surface area (Å²) in [5, 5.41) is -0.0677. The highest BCUT2D eigenvalue weighted by Gasteiger charge is 2.43. The lowest BCUT2D eigenvalue weighted by atomic mass is 9.91. The van der Waals surface area contributed by atoms with Crippen molar-refractivity contribution in [2.24, 2.45) is 11.7 Å². The minimum atomic E-state index is -3.94. The second kappa shape index (κ2) is 10.0. The Morgan fingerprint density at radius 1 is 1.15 bits per heavy atom. The summed E-state index contributed by atoms with van der Waals surface area (Å²) in [6, 6.07) is 2.85. The van der Waals surface area contributed by atoms with Gasteiger partial charge in [0.05, 0.1) is 5.92 Å². The second-order valence-corrected chi connectivity index (χ2v) is 11.2. The van der Waals surface area contributed by atoms with E-state index in [0.29, 0.717) is 38.0 Å². The van der Waals surface area contributed by atoms with Gasteiger partial charge < -0.3 is 20.4 Å². The number of likely N-dealkylation sites (N-methyl/N-ethyl adjacent to an activating group) is 1. The lowest BCUT2D eigenvalue weighted by Gasteiger charge is -2.44. The molecule has 3 fully saturated rings. The van der Waals surface area contributed by atoms with Gasteiger partial charge in [-0.05, 0) is 44.0 Å². The number of hydrogen-bond donors (Lipinski definition) is 1. The van der Waals surface area contributed by atoms with E-state index in [1.807, 2.05) is 11.9 Å². The number of piperidine rings is 2. The molecule has 2 atom stereocenters. The Labute approximate surface area is 195 Å². The Morgan fingerprint density at radius 3 is 2.61 bits per heavy atom. The zero-order valence-electron chi connectivity index (χ0n) is 19.2. The first-order valence-corrected chi connectivity index (χ1v) is 13.2. The van der Waals surface area contributed by atoms with Gasteiger partial charge in [-0.3, -0.25) is 9.59 Å². The third kappa shape index (κ3) is 5.21. The Kier molecular flexibility index (Phi) is 7.32. The number of carbonyl (C=O) groups is 2. The number of hydrogen-bond acceptors (Lipinski definition) is 7. The van der Waals surface area contributed by atoms with Gasteiger partial charge in [0.25, 0.3) is 10.0 Å². The maximum Gasteiger partial charge on any atom is 0.260 e. The van der Waals surface area contributed by atoms with Crippen LogP contribution in [0.3, 0.4) is 0 Å². The van der Waals surface area contributed by atoms with Crippen LogP contribution in [0.15, 0.2) is 23.4 Å². The number of carbonyl (C=O) groups excluding carboxylic acids is 2. The predicted molar refractivity (Wildman–Crippen MR) is 122 cm³/mol. The fourth-order valence-electron chi connectivity index (χ4n) is 4.98. The molecule has 0 radical (unpaired) electrons. The molecule has 0 bridgehead atoms. The maximum atomic E-state index is 13.5. The first-order chi connectivity index (χ1) is 15.8. The van der Waals surface area contributed by atoms with E-state index in [0.717, 1.165) is 25.9 Å². The van der Waals surface area contributed by atoms with Crippen LogP contribution in [-0.4, -0.2) is 103 Å². The molecule has 0 aromatic carbocycles. The van der Waals surface area contributed by atoms with Crippen LogP contribution in [0.2, 0.25) is 0 Å². The van der Waals surface area contributed by atoms with Crippen molar-refractivity contribution in [1.82, 2.24) is 24.0 Å². The van der Waals surface area contributed by atoms with Gasteiger partial charge in [0.15, 0.2) is 5.03 Å². The third-order valence-corrected chi connectivity index (χ3v) is 8.73. The molecule has 3 aliphatic heterocycles. The van der Waals surface area contributed by atoms with Gasteiger partial charge in [0, 0.05) is 71.0 Å². The molecular formula is C22H34N6O4S. The van der Waals surface area contributed by atoms with Crippen LogP contribution in [0.5, 0.6) is 0 Å². The summed E-state index contributed by atoms with van der Waals surface area (Å²) in [6.45, 7) is 3.94. The molecule has 2 amide bonds. The van der Waals surface area contributed by atoms with Crippen molar-refractivity contribution in [2.75, 3.05) is 52.9 Å². The van der Waals surface area contributed by atoms with Crippen molar-refractivity contribution in [2.45, 2.75) is 43.3 Å². The number of sulfonamides is 1. The molecule has 11 heteroatoms. The zero-order valence-corrected chi connectivity index (χ0v) is 20.0. The summed E-state index contributed by atoms with van der Waals surface area (Å²) in [5.74, 6) is -0.477. The Morgan fingerprint density at radius 2 is 1.91 bits per heavy atom. The molecule has 10 nitrogen and oxygen atoms in total. The minimum absolute atomic E-state index is 0.0267. The first kappa shape index (κ1) is 24.1. The normalized spacial score (nSPS) is 25.9. The molecule has 0 saturated carbocycles. The van der Waals surface area contributed by atoms with E-state index in [1.165, 1.54) is 16.6 Å². The van der Waals surface area contributed by atoms with E-state index in [2.05, 4.69) is 9.88 Å². The number of rotatable bonds is 5. The van der Waals surface area contributed by atoms with Crippen LogP contribution >= 0.6 is 0 Å². The highest BCUT2D eigenvalue weighted by Crippen LogP contribution is 2.29. The Balaban J connectivity index is 1.61. The monoisotopic (exact) mass is 478 g/mol. The van der Waals surface area contributed by atoms with E-state index in [1.54, 1.807) is 11.0 Å². The average molecular weight is 479 g/mol. The van der Waals surface area contributed by atoms with E-state index in [-0.39, 0.29) is 42.5 Å². The van der Waals surface area contributed by atoms with Crippen molar-refractivity contribution >= 4 is 21.8 Å². The molecule has 0 spiro atoms. The van der Waals surface area contributed by atoms with Crippen LogP contribution in [0.4, 0.5) is 0 Å². The lowest BCUT2D eigenvalue weighted by molar-refractivity contribution is -0.143. The van der Waals surface area contributed by atoms with Crippen molar-refractivity contribution in [3.8, 4) is 0 Å². The van der Waals surface area contributed by atoms with Gasteiger partial charge in [-0.25, -0.2) is 13.4 Å². The van der Waals surface area contributed by atoms with E-state index in [9.17, 15) is 18.0 Å². The van der Waals surface area contributed by atoms with Crippen LogP contribution in [-0.2, 0) is 26.2 Å². The van der Waals surface area contributed by atoms with Crippen molar-refractivity contribution in [3.05, 3.63) is 23.9 Å². The molecule has 0 unspecified atom stereocenters. The third-order valence-electron chi connectivity index (χ3n) is 7.00. The summed E-state index contributed by atoms with van der Waals surface area (Å²) in [7, 11) is -1.91. The fraction of sp³-hybridized carbons (Fsp3) is 0.682. The first-order valence-electron chi connectivity index (χ1n) is 11.7. The molecule has 0 aliphatic carbocycles. The summed E-state index contributed by atoms with van der Waals surface area (Å²) < 4.78 is 28.4. The molecule has 2 N–H and O–H groups in total. The summed E-state index contributed by atoms with van der Waals surface area (Å²) in [4.78, 5) is 36.0. The van der Waals surface area contributed by atoms with Gasteiger partial charge in [-0.2, -0.15) is 4.31 Å². The molecule has 1 aromatic heterocycles. The Hall–Kier alpha value is -2.08. The standard InChI is InChI=1S/C22H34N6O4S/c1-25-8-10-26(11-9-25)22(30)18-13-19(28-7-3-2-4-21(28)29)16-27(15-18)33(31,32)20-12-17(14-23)5-6-24-20/h5-6,12,18-19H,2-4,7-11,13-16,23H2,1H3/t18-,19+/m0/s1. The van der Waals surface area contributed by atoms with E-state index >= 15 is 0 Å². The highest BCUT2D eigenvalue weighted by atomic mass is 32.2.